The van der Waals surface area contributed by atoms with Crippen LogP contribution in [0, 0.1) is 0 Å². The number of likely N-dealkylation sites (N-methyl/N-ethyl adjacent to an activating group) is 1. The van der Waals surface area contributed by atoms with Gasteiger partial charge in [-0.25, -0.2) is 8.42 Å². The fraction of sp³-hybridized carbons (Fsp3) is 0.467. The quantitative estimate of drug-likeness (QED) is 0.221. The Labute approximate surface area is 242 Å². The summed E-state index contributed by atoms with van der Waals surface area (Å²) >= 11 is 1.70. The van der Waals surface area contributed by atoms with Gasteiger partial charge in [-0.1, -0.05) is 19.1 Å². The van der Waals surface area contributed by atoms with E-state index >= 15 is 0 Å². The summed E-state index contributed by atoms with van der Waals surface area (Å²) < 4.78 is 28.2. The van der Waals surface area contributed by atoms with Crippen LogP contribution in [0.15, 0.2) is 58.1 Å². The van der Waals surface area contributed by atoms with Crippen molar-refractivity contribution in [2.75, 3.05) is 20.1 Å². The average molecular weight is 588 g/mol. The Hall–Kier alpha value is -2.63. The van der Waals surface area contributed by atoms with Gasteiger partial charge >= 0.3 is 5.97 Å². The number of carbonyl (C=O) groups is 1. The molecule has 0 saturated carbocycles. The van der Waals surface area contributed by atoms with Crippen LogP contribution in [0.1, 0.15) is 56.9 Å². The lowest BCUT2D eigenvalue weighted by molar-refractivity contribution is -0.136. The molecule has 3 rings (SSSR count). The first-order chi connectivity index (χ1) is 18.9. The van der Waals surface area contributed by atoms with E-state index in [0.29, 0.717) is 29.8 Å². The fourth-order valence-corrected chi connectivity index (χ4v) is 6.74. The molecule has 1 aromatic carbocycles. The van der Waals surface area contributed by atoms with E-state index in [1.165, 1.54) is 16.9 Å². The van der Waals surface area contributed by atoms with Crippen molar-refractivity contribution in [3.63, 3.8) is 0 Å². The number of β-amino-alcohol motifs (C(OH)–C–C–N with tert-alkyl or cyclic N) is 1. The molecule has 0 fully saturated rings. The third-order valence-electron chi connectivity index (χ3n) is 6.96. The van der Waals surface area contributed by atoms with Gasteiger partial charge in [-0.2, -0.15) is 15.6 Å². The van der Waals surface area contributed by atoms with E-state index in [1.54, 1.807) is 29.5 Å². The monoisotopic (exact) mass is 587 g/mol. The Balaban J connectivity index is 1.62. The topological polar surface area (TPSA) is 120 Å². The van der Waals surface area contributed by atoms with Crippen LogP contribution in [0.4, 0.5) is 0 Å². The largest absolute Gasteiger partial charge is 0.481 e. The number of benzene rings is 1. The van der Waals surface area contributed by atoms with Gasteiger partial charge < -0.3 is 15.5 Å². The van der Waals surface area contributed by atoms with Crippen molar-refractivity contribution in [3.8, 4) is 11.3 Å². The Bertz CT molecular complexity index is 1360. The van der Waals surface area contributed by atoms with Crippen molar-refractivity contribution in [2.45, 2.75) is 75.8 Å². The van der Waals surface area contributed by atoms with Crippen LogP contribution in [0.5, 0.6) is 0 Å². The molecule has 0 spiro atoms. The lowest BCUT2D eigenvalue weighted by Crippen LogP contribution is -2.46. The highest BCUT2D eigenvalue weighted by atomic mass is 32.2. The minimum Gasteiger partial charge on any atom is -0.481 e. The second kappa shape index (κ2) is 14.3. The number of nitrogens with zero attached hydrogens (tertiary/aromatic N) is 2. The lowest BCUT2D eigenvalue weighted by atomic mass is 9.96. The van der Waals surface area contributed by atoms with Gasteiger partial charge in [0.05, 0.1) is 23.1 Å². The standard InChI is InChI=1S/C30H41N3O5S2/c1-5-23-18-24(27-10-6-9-25(32-27)12-14-29(35)36)11-13-28(23)40(37,38)33(4)20-26(34)19-31-30(2,3)16-7-8-22-15-17-39-21-22/h6,9-11,13,15,17-18,21,26,31,34H,5,7-8,12,14,16,19-20H2,1-4H3,(H,35,36). The highest BCUT2D eigenvalue weighted by Crippen LogP contribution is 2.27. The number of aliphatic carboxylic acids is 1. The van der Waals surface area contributed by atoms with Crippen molar-refractivity contribution in [2.24, 2.45) is 0 Å². The maximum atomic E-state index is 13.5. The number of rotatable bonds is 16. The highest BCUT2D eigenvalue weighted by Gasteiger charge is 2.27. The first-order valence-electron chi connectivity index (χ1n) is 13.6. The van der Waals surface area contributed by atoms with Crippen LogP contribution in [0.25, 0.3) is 11.3 Å². The summed E-state index contributed by atoms with van der Waals surface area (Å²) in [6, 6.07) is 12.7. The van der Waals surface area contributed by atoms with Gasteiger partial charge in [-0.3, -0.25) is 9.78 Å². The molecule has 0 aliphatic rings. The molecule has 0 bridgehead atoms. The number of hydrogen-bond acceptors (Lipinski definition) is 7. The minimum absolute atomic E-state index is 0.00535. The summed E-state index contributed by atoms with van der Waals surface area (Å²) in [5.41, 5.74) is 3.91. The predicted molar refractivity (Wildman–Crippen MR) is 160 cm³/mol. The zero-order chi connectivity index (χ0) is 29.3. The maximum absolute atomic E-state index is 13.5. The average Bonchev–Trinajstić information content (AvgIpc) is 3.44. The van der Waals surface area contributed by atoms with E-state index in [1.807, 2.05) is 25.1 Å². The van der Waals surface area contributed by atoms with E-state index in [2.05, 4.69) is 41.0 Å². The van der Waals surface area contributed by atoms with Gasteiger partial charge in [0, 0.05) is 43.4 Å². The van der Waals surface area contributed by atoms with Gasteiger partial charge in [-0.15, -0.1) is 0 Å². The number of aromatic nitrogens is 1. The molecule has 218 valence electrons. The summed E-state index contributed by atoms with van der Waals surface area (Å²) in [5.74, 6) is -0.881. The highest BCUT2D eigenvalue weighted by molar-refractivity contribution is 7.89. The molecule has 0 aliphatic carbocycles. The van der Waals surface area contributed by atoms with Crippen LogP contribution in [0.3, 0.4) is 0 Å². The SMILES string of the molecule is CCc1cc(-c2cccc(CCC(=O)O)n2)ccc1S(=O)(=O)N(C)CC(O)CNC(C)(C)CCCc1ccsc1. The van der Waals surface area contributed by atoms with Gasteiger partial charge in [0.25, 0.3) is 0 Å². The number of carboxylic acids is 1. The summed E-state index contributed by atoms with van der Waals surface area (Å²) in [5, 5.41) is 27.3. The number of pyridine rings is 1. The molecule has 2 aromatic heterocycles. The molecule has 3 N–H and O–H groups in total. The smallest absolute Gasteiger partial charge is 0.303 e. The molecule has 40 heavy (non-hydrogen) atoms. The third kappa shape index (κ3) is 9.21. The second-order valence-corrected chi connectivity index (χ2v) is 13.6. The van der Waals surface area contributed by atoms with Crippen molar-refractivity contribution < 1.29 is 23.4 Å². The van der Waals surface area contributed by atoms with E-state index in [4.69, 9.17) is 5.11 Å². The van der Waals surface area contributed by atoms with E-state index < -0.39 is 22.1 Å². The number of hydrogen-bond donors (Lipinski definition) is 3. The molecule has 10 heteroatoms. The molecule has 3 aromatic rings. The first-order valence-corrected chi connectivity index (χ1v) is 16.0. The third-order valence-corrected chi connectivity index (χ3v) is 9.61. The molecule has 0 saturated heterocycles. The molecule has 0 radical (unpaired) electrons. The minimum atomic E-state index is -3.83. The zero-order valence-electron chi connectivity index (χ0n) is 23.8. The summed E-state index contributed by atoms with van der Waals surface area (Å²) in [4.78, 5) is 15.7. The number of aliphatic hydroxyl groups excluding tert-OH is 1. The van der Waals surface area contributed by atoms with E-state index in [0.717, 1.165) is 24.8 Å². The van der Waals surface area contributed by atoms with Crippen molar-refractivity contribution in [3.05, 3.63) is 70.0 Å². The Morgan fingerprint density at radius 3 is 2.62 bits per heavy atom. The van der Waals surface area contributed by atoms with E-state index in [9.17, 15) is 18.3 Å². The number of sulfonamides is 1. The van der Waals surface area contributed by atoms with Crippen LogP contribution in [-0.2, 0) is 34.1 Å². The molecule has 1 atom stereocenters. The van der Waals surface area contributed by atoms with Crippen LogP contribution < -0.4 is 5.32 Å². The molecule has 2 heterocycles. The molecular formula is C30H41N3O5S2. The van der Waals surface area contributed by atoms with Crippen LogP contribution in [0.2, 0.25) is 0 Å². The Morgan fingerprint density at radius 2 is 1.95 bits per heavy atom. The second-order valence-electron chi connectivity index (χ2n) is 10.8. The molecule has 0 aliphatic heterocycles. The van der Waals surface area contributed by atoms with Gasteiger partial charge in [0.2, 0.25) is 10.0 Å². The summed E-state index contributed by atoms with van der Waals surface area (Å²) in [7, 11) is -2.34. The lowest BCUT2D eigenvalue weighted by Gasteiger charge is -2.29. The Morgan fingerprint density at radius 1 is 1.18 bits per heavy atom. The number of thiophene rings is 1. The number of carboxylic acid groups (broad SMARTS) is 1. The normalized spacial score (nSPS) is 13.1. The summed E-state index contributed by atoms with van der Waals surface area (Å²) in [6.45, 7) is 6.35. The van der Waals surface area contributed by atoms with Crippen LogP contribution in [-0.4, -0.2) is 65.7 Å². The number of aliphatic hydroxyl groups is 1. The predicted octanol–water partition coefficient (Wildman–Crippen LogP) is 4.76. The maximum Gasteiger partial charge on any atom is 0.303 e. The first kappa shape index (κ1) is 31.9. The van der Waals surface area contributed by atoms with Crippen molar-refractivity contribution >= 4 is 27.3 Å². The molecule has 8 nitrogen and oxygen atoms in total. The molecule has 0 amide bonds. The van der Waals surface area contributed by atoms with Gasteiger partial charge in [-0.05, 0) is 91.7 Å². The van der Waals surface area contributed by atoms with Crippen molar-refractivity contribution in [1.82, 2.24) is 14.6 Å². The Kier molecular flexibility index (Phi) is 11.4. The number of aryl methyl sites for hydroxylation is 3. The zero-order valence-corrected chi connectivity index (χ0v) is 25.4. The van der Waals surface area contributed by atoms with Crippen molar-refractivity contribution in [1.29, 1.82) is 0 Å². The van der Waals surface area contributed by atoms with E-state index in [-0.39, 0.29) is 29.9 Å². The van der Waals surface area contributed by atoms with Gasteiger partial charge in [0.15, 0.2) is 0 Å². The fourth-order valence-electron chi connectivity index (χ4n) is 4.56. The summed E-state index contributed by atoms with van der Waals surface area (Å²) in [6.07, 6.45) is 2.94. The number of nitrogens with one attached hydrogen (secondary N) is 1. The van der Waals surface area contributed by atoms with Crippen LogP contribution >= 0.6 is 11.3 Å². The molecule has 1 unspecified atom stereocenters. The molecular weight excluding hydrogens is 546 g/mol. The van der Waals surface area contributed by atoms with Gasteiger partial charge in [0.1, 0.15) is 0 Å².